The largest absolute Gasteiger partial charge is 0.493 e. The Hall–Kier alpha value is -3.72. The molecule has 2 aromatic carbocycles. The lowest BCUT2D eigenvalue weighted by molar-refractivity contribution is -0.277. The molecule has 2 aromatic rings. The molecular weight excluding hydrogens is 680 g/mol. The SMILES string of the molecule is COc1cc(C=CCc2c(C=CCO)cc(OC)c(O[C@H]3O[C@H](CO)[C@@H](O)[C@H](O)[C@H]3O)c2OC)cc(OC)c1O[C@H]1O[C@H](CO)[C@@H](O)[C@H](O)[C@H]1O. The summed E-state index contributed by atoms with van der Waals surface area (Å²) in [5.41, 5.74) is 1.69. The van der Waals surface area contributed by atoms with Crippen LogP contribution in [0.3, 0.4) is 0 Å². The van der Waals surface area contributed by atoms with Gasteiger partial charge in [0.15, 0.2) is 23.0 Å². The van der Waals surface area contributed by atoms with Gasteiger partial charge in [0.1, 0.15) is 48.8 Å². The van der Waals surface area contributed by atoms with E-state index in [1.807, 2.05) is 0 Å². The second-order valence-corrected chi connectivity index (χ2v) is 11.6. The number of hydrogen-bond donors (Lipinski definition) is 9. The molecule has 0 aliphatic carbocycles. The maximum atomic E-state index is 10.6. The number of rotatable bonds is 15. The highest BCUT2D eigenvalue weighted by Crippen LogP contribution is 2.45. The Bertz CT molecular complexity index is 1470. The van der Waals surface area contributed by atoms with E-state index in [1.165, 1.54) is 34.5 Å². The van der Waals surface area contributed by atoms with Crippen LogP contribution in [-0.4, -0.2) is 156 Å². The number of aliphatic hydroxyl groups excluding tert-OH is 9. The third-order valence-electron chi connectivity index (χ3n) is 8.45. The molecule has 10 atom stereocenters. The summed E-state index contributed by atoms with van der Waals surface area (Å²) >= 11 is 0. The lowest BCUT2D eigenvalue weighted by Crippen LogP contribution is -2.60. The van der Waals surface area contributed by atoms with E-state index in [0.29, 0.717) is 16.7 Å². The highest BCUT2D eigenvalue weighted by Gasteiger charge is 2.46. The summed E-state index contributed by atoms with van der Waals surface area (Å²) in [5.74, 6) is 0.645. The van der Waals surface area contributed by atoms with Crippen LogP contribution >= 0.6 is 0 Å². The maximum absolute atomic E-state index is 10.6. The summed E-state index contributed by atoms with van der Waals surface area (Å²) < 4.78 is 45.2. The molecule has 0 aromatic heterocycles. The predicted molar refractivity (Wildman–Crippen MR) is 177 cm³/mol. The average molecular weight is 727 g/mol. The second-order valence-electron chi connectivity index (χ2n) is 11.6. The molecule has 284 valence electrons. The summed E-state index contributed by atoms with van der Waals surface area (Å²) in [7, 11) is 5.51. The van der Waals surface area contributed by atoms with Gasteiger partial charge >= 0.3 is 0 Å². The minimum Gasteiger partial charge on any atom is -0.493 e. The van der Waals surface area contributed by atoms with Crippen LogP contribution in [0.5, 0.6) is 34.5 Å². The fourth-order valence-electron chi connectivity index (χ4n) is 5.68. The quantitative estimate of drug-likeness (QED) is 0.0995. The van der Waals surface area contributed by atoms with Gasteiger partial charge < -0.3 is 83.9 Å². The van der Waals surface area contributed by atoms with Crippen molar-refractivity contribution in [2.45, 2.75) is 67.8 Å². The van der Waals surface area contributed by atoms with Gasteiger partial charge in [0.25, 0.3) is 0 Å². The molecule has 51 heavy (non-hydrogen) atoms. The summed E-state index contributed by atoms with van der Waals surface area (Å²) in [6, 6.07) is 4.81. The Kier molecular flexibility index (Phi) is 14.3. The van der Waals surface area contributed by atoms with Crippen molar-refractivity contribution in [3.05, 3.63) is 47.0 Å². The standard InChI is InChI=1S/C34H46O17/c1-44-19-11-16(12-20(45-2)31(19)50-33-28(42)26(40)24(38)22(14-36)48-33)7-5-9-18-17(8-6-10-35)13-21(46-3)32(30(18)47-4)51-34-29(43)27(41)25(39)23(15-37)49-34/h5-8,11-13,22-29,33-43H,9-10,14-15H2,1-4H3/t22-,23-,24-,25-,26+,27+,28-,29-,33-,34-/m1/s1. The molecule has 17 nitrogen and oxygen atoms in total. The molecule has 2 heterocycles. The summed E-state index contributed by atoms with van der Waals surface area (Å²) in [6.45, 7) is -1.56. The Morgan fingerprint density at radius 3 is 1.51 bits per heavy atom. The highest BCUT2D eigenvalue weighted by molar-refractivity contribution is 5.69. The van der Waals surface area contributed by atoms with Crippen molar-refractivity contribution in [1.82, 2.24) is 0 Å². The van der Waals surface area contributed by atoms with Gasteiger partial charge in [0, 0.05) is 5.56 Å². The molecule has 2 aliphatic heterocycles. The molecule has 0 radical (unpaired) electrons. The number of ether oxygens (including phenoxy) is 8. The molecule has 0 saturated carbocycles. The lowest BCUT2D eigenvalue weighted by Gasteiger charge is -2.39. The Morgan fingerprint density at radius 2 is 1.06 bits per heavy atom. The van der Waals surface area contributed by atoms with Crippen molar-refractivity contribution in [2.24, 2.45) is 0 Å². The van der Waals surface area contributed by atoms with E-state index in [9.17, 15) is 46.0 Å². The van der Waals surface area contributed by atoms with E-state index >= 15 is 0 Å². The topological polar surface area (TPSA) is 256 Å². The van der Waals surface area contributed by atoms with E-state index in [4.69, 9.17) is 37.9 Å². The zero-order chi connectivity index (χ0) is 37.4. The molecule has 0 spiro atoms. The number of hydrogen-bond acceptors (Lipinski definition) is 17. The smallest absolute Gasteiger partial charge is 0.229 e. The number of methoxy groups -OCH3 is 4. The third kappa shape index (κ3) is 8.67. The molecule has 2 saturated heterocycles. The summed E-state index contributed by atoms with van der Waals surface area (Å²) in [6.07, 6.45) is -8.47. The first-order valence-corrected chi connectivity index (χ1v) is 15.9. The zero-order valence-electron chi connectivity index (χ0n) is 28.4. The third-order valence-corrected chi connectivity index (χ3v) is 8.45. The molecular formula is C34H46O17. The second kappa shape index (κ2) is 18.2. The molecule has 9 N–H and O–H groups in total. The van der Waals surface area contributed by atoms with Crippen molar-refractivity contribution in [3.8, 4) is 34.5 Å². The van der Waals surface area contributed by atoms with E-state index in [1.54, 1.807) is 36.4 Å². The summed E-state index contributed by atoms with van der Waals surface area (Å²) in [4.78, 5) is 0. The first-order valence-electron chi connectivity index (χ1n) is 15.9. The van der Waals surface area contributed by atoms with E-state index in [0.717, 1.165) is 0 Å². The molecule has 0 unspecified atom stereocenters. The van der Waals surface area contributed by atoms with Gasteiger partial charge in [-0.25, -0.2) is 0 Å². The minimum atomic E-state index is -1.70. The van der Waals surface area contributed by atoms with Crippen molar-refractivity contribution in [1.29, 1.82) is 0 Å². The van der Waals surface area contributed by atoms with Gasteiger partial charge in [-0.05, 0) is 35.7 Å². The zero-order valence-corrected chi connectivity index (χ0v) is 28.4. The predicted octanol–water partition coefficient (Wildman–Crippen LogP) is -1.66. The fourth-order valence-corrected chi connectivity index (χ4v) is 5.68. The first-order chi connectivity index (χ1) is 24.5. The Balaban J connectivity index is 1.67. The van der Waals surface area contributed by atoms with Crippen LogP contribution in [0.1, 0.15) is 16.7 Å². The van der Waals surface area contributed by atoms with E-state index in [-0.39, 0.29) is 47.5 Å². The number of aliphatic hydroxyl groups is 9. The van der Waals surface area contributed by atoms with Gasteiger partial charge in [-0.3, -0.25) is 0 Å². The van der Waals surface area contributed by atoms with Crippen LogP contribution in [0, 0.1) is 0 Å². The van der Waals surface area contributed by atoms with Crippen molar-refractivity contribution >= 4 is 12.2 Å². The molecule has 17 heteroatoms. The van der Waals surface area contributed by atoms with Gasteiger partial charge in [0.05, 0.1) is 48.3 Å². The van der Waals surface area contributed by atoms with Crippen LogP contribution in [0.15, 0.2) is 30.4 Å². The molecule has 4 rings (SSSR count). The van der Waals surface area contributed by atoms with Crippen LogP contribution in [0.25, 0.3) is 12.2 Å². The molecule has 2 fully saturated rings. The first kappa shape index (κ1) is 40.1. The summed E-state index contributed by atoms with van der Waals surface area (Å²) in [5, 5.41) is 90.6. The van der Waals surface area contributed by atoms with E-state index < -0.39 is 74.6 Å². The normalized spacial score (nSPS) is 29.7. The molecule has 0 bridgehead atoms. The van der Waals surface area contributed by atoms with Crippen molar-refractivity contribution in [2.75, 3.05) is 48.3 Å². The number of allylic oxidation sites excluding steroid dienone is 1. The van der Waals surface area contributed by atoms with Crippen molar-refractivity contribution < 1.29 is 83.9 Å². The van der Waals surface area contributed by atoms with E-state index in [2.05, 4.69) is 0 Å². The van der Waals surface area contributed by atoms with Gasteiger partial charge in [-0.2, -0.15) is 0 Å². The van der Waals surface area contributed by atoms with Crippen LogP contribution < -0.4 is 28.4 Å². The maximum Gasteiger partial charge on any atom is 0.229 e. The minimum absolute atomic E-state index is 0.00749. The van der Waals surface area contributed by atoms with Gasteiger partial charge in [-0.1, -0.05) is 24.3 Å². The fraction of sp³-hybridized carbons (Fsp3) is 0.529. The highest BCUT2D eigenvalue weighted by atomic mass is 16.7. The van der Waals surface area contributed by atoms with Crippen molar-refractivity contribution in [3.63, 3.8) is 0 Å². The molecule has 0 amide bonds. The average Bonchev–Trinajstić information content (AvgIpc) is 3.14. The van der Waals surface area contributed by atoms with Crippen LogP contribution in [0.2, 0.25) is 0 Å². The van der Waals surface area contributed by atoms with Crippen LogP contribution in [-0.2, 0) is 15.9 Å². The monoisotopic (exact) mass is 726 g/mol. The Morgan fingerprint density at radius 1 is 0.569 bits per heavy atom. The number of benzene rings is 2. The van der Waals surface area contributed by atoms with Crippen LogP contribution in [0.4, 0.5) is 0 Å². The molecule has 2 aliphatic rings. The van der Waals surface area contributed by atoms with Gasteiger partial charge in [-0.15, -0.1) is 0 Å². The lowest BCUT2D eigenvalue weighted by atomic mass is 9.98. The van der Waals surface area contributed by atoms with Gasteiger partial charge in [0.2, 0.25) is 24.1 Å². The Labute approximate surface area is 293 Å².